The summed E-state index contributed by atoms with van der Waals surface area (Å²) in [6.07, 6.45) is 6.63. The highest BCUT2D eigenvalue weighted by Crippen LogP contribution is 2.33. The first kappa shape index (κ1) is 11.9. The molecule has 2 aromatic heterocycles. The molecule has 1 fully saturated rings. The molecule has 3 rings (SSSR count). The van der Waals surface area contributed by atoms with Crippen LogP contribution in [-0.4, -0.2) is 16.0 Å². The van der Waals surface area contributed by atoms with Gasteiger partial charge in [-0.3, -0.25) is 0 Å². The van der Waals surface area contributed by atoms with Crippen LogP contribution in [0.4, 0.5) is 0 Å². The van der Waals surface area contributed by atoms with E-state index < -0.39 is 0 Å². The molecule has 0 saturated heterocycles. The molecule has 0 spiro atoms. The summed E-state index contributed by atoms with van der Waals surface area (Å²) in [6.45, 7) is 2.14. The maximum Gasteiger partial charge on any atom is 0.109 e. The third-order valence-corrected chi connectivity index (χ3v) is 4.85. The van der Waals surface area contributed by atoms with Gasteiger partial charge in [0.1, 0.15) is 5.82 Å². The van der Waals surface area contributed by atoms with Crippen molar-refractivity contribution >= 4 is 11.3 Å². The molecule has 2 heterocycles. The standard InChI is InChI=1S/C14H19N3S/c1-9-5-6-18-13(9)12-8-16-14(17-12)10-3-2-4-11(15)7-10/h5-6,8,10-11H,2-4,7,15H2,1H3,(H,16,17). The van der Waals surface area contributed by atoms with E-state index in [0.29, 0.717) is 12.0 Å². The summed E-state index contributed by atoms with van der Waals surface area (Å²) in [7, 11) is 0. The van der Waals surface area contributed by atoms with Gasteiger partial charge in [0.2, 0.25) is 0 Å². The predicted octanol–water partition coefficient (Wildman–Crippen LogP) is 3.43. The summed E-state index contributed by atoms with van der Waals surface area (Å²) >= 11 is 1.77. The fourth-order valence-corrected chi connectivity index (χ4v) is 3.68. The SMILES string of the molecule is Cc1ccsc1-c1cnc(C2CCCC(N)C2)[nH]1. The van der Waals surface area contributed by atoms with E-state index in [-0.39, 0.29) is 0 Å². The molecule has 1 aliphatic carbocycles. The van der Waals surface area contributed by atoms with E-state index in [4.69, 9.17) is 5.73 Å². The molecule has 0 aliphatic heterocycles. The van der Waals surface area contributed by atoms with Gasteiger partial charge in [-0.1, -0.05) is 6.42 Å². The number of H-pyrrole nitrogens is 1. The van der Waals surface area contributed by atoms with Crippen LogP contribution in [0.15, 0.2) is 17.6 Å². The summed E-state index contributed by atoms with van der Waals surface area (Å²) in [4.78, 5) is 9.36. The second-order valence-corrected chi connectivity index (χ2v) is 6.15. The number of hydrogen-bond acceptors (Lipinski definition) is 3. The number of aromatic nitrogens is 2. The van der Waals surface area contributed by atoms with Gasteiger partial charge in [0.05, 0.1) is 16.8 Å². The Balaban J connectivity index is 1.83. The van der Waals surface area contributed by atoms with Crippen molar-refractivity contribution in [3.05, 3.63) is 29.0 Å². The van der Waals surface area contributed by atoms with E-state index in [9.17, 15) is 0 Å². The molecular weight excluding hydrogens is 242 g/mol. The fourth-order valence-electron chi connectivity index (χ4n) is 2.78. The first-order valence-electron chi connectivity index (χ1n) is 6.59. The topological polar surface area (TPSA) is 54.7 Å². The molecule has 0 bridgehead atoms. The Hall–Kier alpha value is -1.13. The molecule has 0 aromatic carbocycles. The molecule has 4 heteroatoms. The van der Waals surface area contributed by atoms with Crippen LogP contribution in [0.1, 0.15) is 43.0 Å². The van der Waals surface area contributed by atoms with Gasteiger partial charge in [0.25, 0.3) is 0 Å². The van der Waals surface area contributed by atoms with Crippen molar-refractivity contribution in [1.82, 2.24) is 9.97 Å². The molecule has 18 heavy (non-hydrogen) atoms. The summed E-state index contributed by atoms with van der Waals surface area (Å²) in [5.41, 5.74) is 8.51. The van der Waals surface area contributed by atoms with Gasteiger partial charge >= 0.3 is 0 Å². The van der Waals surface area contributed by atoms with E-state index in [1.807, 2.05) is 6.20 Å². The minimum absolute atomic E-state index is 0.348. The van der Waals surface area contributed by atoms with Crippen LogP contribution in [-0.2, 0) is 0 Å². The van der Waals surface area contributed by atoms with Crippen LogP contribution >= 0.6 is 11.3 Å². The zero-order valence-corrected chi connectivity index (χ0v) is 11.5. The first-order valence-corrected chi connectivity index (χ1v) is 7.47. The number of rotatable bonds is 2. The smallest absolute Gasteiger partial charge is 0.109 e. The van der Waals surface area contributed by atoms with Gasteiger partial charge in [-0.05, 0) is 43.2 Å². The van der Waals surface area contributed by atoms with E-state index in [0.717, 1.165) is 24.4 Å². The van der Waals surface area contributed by atoms with Crippen molar-refractivity contribution in [3.8, 4) is 10.6 Å². The minimum atomic E-state index is 0.348. The van der Waals surface area contributed by atoms with Gasteiger partial charge < -0.3 is 10.7 Å². The van der Waals surface area contributed by atoms with Crippen molar-refractivity contribution in [2.75, 3.05) is 0 Å². The van der Waals surface area contributed by atoms with Crippen LogP contribution < -0.4 is 5.73 Å². The quantitative estimate of drug-likeness (QED) is 0.870. The Morgan fingerprint density at radius 2 is 2.33 bits per heavy atom. The Morgan fingerprint density at radius 3 is 3.06 bits per heavy atom. The second-order valence-electron chi connectivity index (χ2n) is 5.24. The van der Waals surface area contributed by atoms with Gasteiger partial charge in [-0.25, -0.2) is 4.98 Å². The predicted molar refractivity (Wildman–Crippen MR) is 75.8 cm³/mol. The lowest BCUT2D eigenvalue weighted by molar-refractivity contribution is 0.383. The van der Waals surface area contributed by atoms with Crippen molar-refractivity contribution < 1.29 is 0 Å². The molecule has 3 N–H and O–H groups in total. The Morgan fingerprint density at radius 1 is 1.44 bits per heavy atom. The monoisotopic (exact) mass is 261 g/mol. The lowest BCUT2D eigenvalue weighted by Crippen LogP contribution is -2.27. The molecule has 0 amide bonds. The number of thiophene rings is 1. The van der Waals surface area contributed by atoms with E-state index in [2.05, 4.69) is 28.3 Å². The highest BCUT2D eigenvalue weighted by molar-refractivity contribution is 7.13. The number of hydrogen-bond donors (Lipinski definition) is 2. The van der Waals surface area contributed by atoms with Crippen LogP contribution in [0.25, 0.3) is 10.6 Å². The van der Waals surface area contributed by atoms with Crippen molar-refractivity contribution in [2.24, 2.45) is 5.73 Å². The third-order valence-electron chi connectivity index (χ3n) is 3.80. The number of aromatic amines is 1. The zero-order valence-electron chi connectivity index (χ0n) is 10.6. The van der Waals surface area contributed by atoms with Crippen molar-refractivity contribution in [3.63, 3.8) is 0 Å². The largest absolute Gasteiger partial charge is 0.341 e. The Bertz CT molecular complexity index is 529. The Kier molecular flexibility index (Phi) is 3.22. The second kappa shape index (κ2) is 4.86. The molecule has 2 atom stereocenters. The van der Waals surface area contributed by atoms with E-state index in [1.165, 1.54) is 23.3 Å². The molecule has 2 unspecified atom stereocenters. The van der Waals surface area contributed by atoms with Crippen LogP contribution in [0.2, 0.25) is 0 Å². The summed E-state index contributed by atoms with van der Waals surface area (Å²) in [5.74, 6) is 1.63. The normalized spacial score (nSPS) is 24.3. The average Bonchev–Trinajstić information content (AvgIpc) is 2.97. The lowest BCUT2D eigenvalue weighted by atomic mass is 9.86. The first-order chi connectivity index (χ1) is 8.74. The maximum atomic E-state index is 6.05. The van der Waals surface area contributed by atoms with Gasteiger partial charge in [-0.15, -0.1) is 11.3 Å². The Labute approximate surface area is 111 Å². The molecule has 1 aliphatic rings. The summed E-state index contributed by atoms with van der Waals surface area (Å²) < 4.78 is 0. The number of nitrogens with zero attached hydrogens (tertiary/aromatic N) is 1. The molecular formula is C14H19N3S. The molecule has 0 radical (unpaired) electrons. The fraction of sp³-hybridized carbons (Fsp3) is 0.500. The van der Waals surface area contributed by atoms with Crippen molar-refractivity contribution in [2.45, 2.75) is 44.6 Å². The average molecular weight is 261 g/mol. The summed E-state index contributed by atoms with van der Waals surface area (Å²) in [6, 6.07) is 2.50. The van der Waals surface area contributed by atoms with Gasteiger partial charge in [-0.2, -0.15) is 0 Å². The highest BCUT2D eigenvalue weighted by Gasteiger charge is 2.23. The number of nitrogens with one attached hydrogen (secondary N) is 1. The number of aryl methyl sites for hydroxylation is 1. The molecule has 1 saturated carbocycles. The number of imidazole rings is 1. The minimum Gasteiger partial charge on any atom is -0.341 e. The third kappa shape index (κ3) is 2.22. The molecule has 3 nitrogen and oxygen atoms in total. The van der Waals surface area contributed by atoms with E-state index in [1.54, 1.807) is 11.3 Å². The van der Waals surface area contributed by atoms with E-state index >= 15 is 0 Å². The maximum absolute atomic E-state index is 6.05. The van der Waals surface area contributed by atoms with Crippen molar-refractivity contribution in [1.29, 1.82) is 0 Å². The van der Waals surface area contributed by atoms with Crippen LogP contribution in [0, 0.1) is 6.92 Å². The number of nitrogens with two attached hydrogens (primary N) is 1. The summed E-state index contributed by atoms with van der Waals surface area (Å²) in [5, 5.41) is 2.13. The van der Waals surface area contributed by atoms with Crippen LogP contribution in [0.3, 0.4) is 0 Å². The van der Waals surface area contributed by atoms with Gasteiger partial charge in [0.15, 0.2) is 0 Å². The molecule has 2 aromatic rings. The highest BCUT2D eigenvalue weighted by atomic mass is 32.1. The zero-order chi connectivity index (χ0) is 12.5. The van der Waals surface area contributed by atoms with Crippen LogP contribution in [0.5, 0.6) is 0 Å². The molecule has 96 valence electrons. The lowest BCUT2D eigenvalue weighted by Gasteiger charge is -2.24. The van der Waals surface area contributed by atoms with Gasteiger partial charge in [0, 0.05) is 12.0 Å².